The smallest absolute Gasteiger partial charge is 0.260 e. The minimum Gasteiger partial charge on any atom is -0.308 e. The van der Waals surface area contributed by atoms with Crippen LogP contribution in [0.2, 0.25) is 0 Å². The van der Waals surface area contributed by atoms with Crippen LogP contribution in [0.4, 0.5) is 5.13 Å². The Morgan fingerprint density at radius 3 is 2.36 bits per heavy atom. The van der Waals surface area contributed by atoms with E-state index in [9.17, 15) is 4.79 Å². The summed E-state index contributed by atoms with van der Waals surface area (Å²) in [6, 6.07) is 13.9. The van der Waals surface area contributed by atoms with Crippen molar-refractivity contribution in [3.05, 3.63) is 59.2 Å². The molecule has 0 atom stereocenters. The summed E-state index contributed by atoms with van der Waals surface area (Å²) < 4.78 is 1.11. The highest BCUT2D eigenvalue weighted by Gasteiger charge is 2.21. The van der Waals surface area contributed by atoms with Gasteiger partial charge in [0.05, 0.1) is 10.2 Å². The van der Waals surface area contributed by atoms with Crippen LogP contribution in [0.3, 0.4) is 0 Å². The second kappa shape index (κ2) is 7.33. The lowest BCUT2D eigenvalue weighted by Crippen LogP contribution is -2.36. The molecule has 1 amide bonds. The Balaban J connectivity index is 1.97. The van der Waals surface area contributed by atoms with E-state index in [0.29, 0.717) is 12.1 Å². The summed E-state index contributed by atoms with van der Waals surface area (Å²) in [5, 5.41) is 0.757. The third-order valence-corrected chi connectivity index (χ3v) is 5.12. The molecule has 5 heteroatoms. The van der Waals surface area contributed by atoms with E-state index in [-0.39, 0.29) is 5.91 Å². The molecule has 1 aromatic heterocycles. The molecule has 0 aliphatic carbocycles. The number of anilines is 1. The summed E-state index contributed by atoms with van der Waals surface area (Å²) in [5.74, 6) is -0.00220. The Labute approximate surface area is 152 Å². The van der Waals surface area contributed by atoms with Crippen molar-refractivity contribution in [3.8, 4) is 0 Å². The van der Waals surface area contributed by atoms with Gasteiger partial charge in [-0.2, -0.15) is 0 Å². The van der Waals surface area contributed by atoms with E-state index in [4.69, 9.17) is 4.98 Å². The van der Waals surface area contributed by atoms with Crippen LogP contribution in [0, 0.1) is 13.8 Å². The lowest BCUT2D eigenvalue weighted by atomic mass is 10.1. The number of nitrogens with zero attached hydrogens (tertiary/aromatic N) is 3. The van der Waals surface area contributed by atoms with Gasteiger partial charge in [0.1, 0.15) is 0 Å². The van der Waals surface area contributed by atoms with Gasteiger partial charge in [0.2, 0.25) is 0 Å². The number of rotatable bonds is 5. The lowest BCUT2D eigenvalue weighted by molar-refractivity contribution is 0.0985. The molecule has 0 saturated carbocycles. The van der Waals surface area contributed by atoms with Crippen LogP contribution in [0.5, 0.6) is 0 Å². The molecule has 0 saturated heterocycles. The molecule has 0 radical (unpaired) electrons. The number of likely N-dealkylation sites (N-methyl/N-ethyl adjacent to an activating group) is 1. The number of carbonyl (C=O) groups excluding carboxylic acids is 1. The minimum atomic E-state index is -0.00220. The predicted octanol–water partition coefficient (Wildman–Crippen LogP) is 4.12. The van der Waals surface area contributed by atoms with Crippen LogP contribution in [0.1, 0.15) is 21.5 Å². The van der Waals surface area contributed by atoms with E-state index in [1.165, 1.54) is 5.56 Å². The number of benzene rings is 2. The lowest BCUT2D eigenvalue weighted by Gasteiger charge is -2.22. The van der Waals surface area contributed by atoms with Gasteiger partial charge in [0.15, 0.2) is 5.13 Å². The monoisotopic (exact) mass is 353 g/mol. The van der Waals surface area contributed by atoms with Crippen molar-refractivity contribution in [2.24, 2.45) is 0 Å². The summed E-state index contributed by atoms with van der Waals surface area (Å²) in [6.45, 7) is 5.49. The Morgan fingerprint density at radius 1 is 1.00 bits per heavy atom. The molecular weight excluding hydrogens is 330 g/mol. The molecule has 3 rings (SSSR count). The van der Waals surface area contributed by atoms with Gasteiger partial charge in [0, 0.05) is 18.7 Å². The molecule has 2 aromatic carbocycles. The molecule has 0 N–H and O–H groups in total. The number of amides is 1. The topological polar surface area (TPSA) is 36.4 Å². The summed E-state index contributed by atoms with van der Waals surface area (Å²) >= 11 is 1.57. The van der Waals surface area contributed by atoms with Crippen LogP contribution in [-0.4, -0.2) is 43.0 Å². The highest BCUT2D eigenvalue weighted by molar-refractivity contribution is 7.22. The van der Waals surface area contributed by atoms with Gasteiger partial charge in [-0.1, -0.05) is 35.1 Å². The second-order valence-electron chi connectivity index (χ2n) is 6.59. The van der Waals surface area contributed by atoms with E-state index in [0.717, 1.165) is 27.5 Å². The zero-order valence-electron chi connectivity index (χ0n) is 15.1. The van der Waals surface area contributed by atoms with Gasteiger partial charge >= 0.3 is 0 Å². The first-order valence-electron chi connectivity index (χ1n) is 8.34. The van der Waals surface area contributed by atoms with Gasteiger partial charge in [-0.25, -0.2) is 4.98 Å². The van der Waals surface area contributed by atoms with Crippen molar-refractivity contribution < 1.29 is 4.79 Å². The first-order chi connectivity index (χ1) is 11.9. The first-order valence-corrected chi connectivity index (χ1v) is 9.16. The van der Waals surface area contributed by atoms with Crippen molar-refractivity contribution in [1.82, 2.24) is 9.88 Å². The number of hydrogen-bond donors (Lipinski definition) is 0. The van der Waals surface area contributed by atoms with Crippen molar-refractivity contribution in [2.75, 3.05) is 32.1 Å². The number of hydrogen-bond acceptors (Lipinski definition) is 4. The molecule has 0 aliphatic rings. The molecular formula is C20H23N3OS. The fraction of sp³-hybridized carbons (Fsp3) is 0.300. The Bertz CT molecular complexity index is 884. The fourth-order valence-electron chi connectivity index (χ4n) is 2.57. The Morgan fingerprint density at radius 2 is 1.68 bits per heavy atom. The highest BCUT2D eigenvalue weighted by Crippen LogP contribution is 2.30. The van der Waals surface area contributed by atoms with E-state index in [2.05, 4.69) is 24.0 Å². The van der Waals surface area contributed by atoms with Gasteiger partial charge in [-0.3, -0.25) is 9.69 Å². The van der Waals surface area contributed by atoms with E-state index in [1.54, 1.807) is 16.2 Å². The zero-order chi connectivity index (χ0) is 18.0. The maximum atomic E-state index is 13.1. The molecule has 4 nitrogen and oxygen atoms in total. The standard InChI is InChI=1S/C20H23N3OS/c1-14-5-8-16(9-6-14)19(24)23(12-11-22(3)4)20-21-17-10-7-15(2)13-18(17)25-20/h5-10,13H,11-12H2,1-4H3. The Hall–Kier alpha value is -2.24. The van der Waals surface area contributed by atoms with Crippen molar-refractivity contribution >= 4 is 32.6 Å². The number of carbonyl (C=O) groups is 1. The number of aromatic nitrogens is 1. The van der Waals surface area contributed by atoms with Gasteiger partial charge in [-0.15, -0.1) is 0 Å². The molecule has 1 heterocycles. The molecule has 130 valence electrons. The quantitative estimate of drug-likeness (QED) is 0.692. The third kappa shape index (κ3) is 4.06. The van der Waals surface area contributed by atoms with Gasteiger partial charge in [-0.05, 0) is 57.8 Å². The van der Waals surface area contributed by atoms with Crippen LogP contribution in [0.25, 0.3) is 10.2 Å². The van der Waals surface area contributed by atoms with E-state index >= 15 is 0 Å². The second-order valence-corrected chi connectivity index (χ2v) is 7.60. The van der Waals surface area contributed by atoms with Crippen molar-refractivity contribution in [3.63, 3.8) is 0 Å². The molecule has 0 spiro atoms. The van der Waals surface area contributed by atoms with Gasteiger partial charge in [0.25, 0.3) is 5.91 Å². The van der Waals surface area contributed by atoms with Crippen LogP contribution in [-0.2, 0) is 0 Å². The average molecular weight is 353 g/mol. The SMILES string of the molecule is Cc1ccc(C(=O)N(CCN(C)C)c2nc3ccc(C)cc3s2)cc1. The van der Waals surface area contributed by atoms with Crippen molar-refractivity contribution in [1.29, 1.82) is 0 Å². The molecule has 3 aromatic rings. The fourth-order valence-corrected chi connectivity index (χ4v) is 3.66. The molecule has 0 bridgehead atoms. The van der Waals surface area contributed by atoms with Crippen LogP contribution >= 0.6 is 11.3 Å². The Kier molecular flexibility index (Phi) is 5.16. The molecule has 25 heavy (non-hydrogen) atoms. The van der Waals surface area contributed by atoms with Crippen LogP contribution in [0.15, 0.2) is 42.5 Å². The van der Waals surface area contributed by atoms with E-state index < -0.39 is 0 Å². The average Bonchev–Trinajstić information content (AvgIpc) is 2.98. The van der Waals surface area contributed by atoms with Crippen molar-refractivity contribution in [2.45, 2.75) is 13.8 Å². The summed E-state index contributed by atoms with van der Waals surface area (Å²) in [6.07, 6.45) is 0. The summed E-state index contributed by atoms with van der Waals surface area (Å²) in [5.41, 5.74) is 3.98. The first kappa shape index (κ1) is 17.6. The molecule has 0 aliphatic heterocycles. The third-order valence-electron chi connectivity index (χ3n) is 4.08. The van der Waals surface area contributed by atoms with Gasteiger partial charge < -0.3 is 4.90 Å². The number of aryl methyl sites for hydroxylation is 2. The maximum absolute atomic E-state index is 13.1. The highest BCUT2D eigenvalue weighted by atomic mass is 32.1. The summed E-state index contributed by atoms with van der Waals surface area (Å²) in [7, 11) is 4.02. The summed E-state index contributed by atoms with van der Waals surface area (Å²) in [4.78, 5) is 21.7. The van der Waals surface area contributed by atoms with E-state index in [1.807, 2.05) is 51.4 Å². The predicted molar refractivity (Wildman–Crippen MR) is 106 cm³/mol. The number of thiazole rings is 1. The number of fused-ring (bicyclic) bond motifs is 1. The molecule has 0 fully saturated rings. The maximum Gasteiger partial charge on any atom is 0.260 e. The molecule has 0 unspecified atom stereocenters. The van der Waals surface area contributed by atoms with Crippen LogP contribution < -0.4 is 4.90 Å². The largest absolute Gasteiger partial charge is 0.308 e. The normalized spacial score (nSPS) is 11.2. The zero-order valence-corrected chi connectivity index (χ0v) is 15.9. The minimum absolute atomic E-state index is 0.00220.